The highest BCUT2D eigenvalue weighted by atomic mass is 127. The van der Waals surface area contributed by atoms with Crippen molar-refractivity contribution >= 4 is 39.4 Å². The molecule has 0 atom stereocenters. The molecule has 0 spiro atoms. The monoisotopic (exact) mass is 367 g/mol. The summed E-state index contributed by atoms with van der Waals surface area (Å²) in [5.41, 5.74) is -1.81. The van der Waals surface area contributed by atoms with Crippen LogP contribution in [0.15, 0.2) is 10.9 Å². The molecule has 4 nitrogen and oxygen atoms in total. The third kappa shape index (κ3) is 3.37. The van der Waals surface area contributed by atoms with E-state index in [-0.39, 0.29) is 3.70 Å². The largest absolute Gasteiger partial charge is 0.573 e. The number of carbonyl (C=O) groups is 1. The van der Waals surface area contributed by atoms with Crippen molar-refractivity contribution in [1.29, 1.82) is 0 Å². The molecule has 16 heavy (non-hydrogen) atoms. The van der Waals surface area contributed by atoms with Crippen molar-refractivity contribution in [3.8, 4) is 5.75 Å². The van der Waals surface area contributed by atoms with Gasteiger partial charge >= 0.3 is 6.36 Å². The normalized spacial score (nSPS) is 11.3. The smallest absolute Gasteiger partial charge is 0.399 e. The quantitative estimate of drug-likeness (QED) is 0.496. The number of alkyl halides is 3. The Morgan fingerprint density at radius 1 is 1.50 bits per heavy atom. The summed E-state index contributed by atoms with van der Waals surface area (Å²) >= 11 is 6.65. The maximum atomic E-state index is 11.9. The number of carbonyl (C=O) groups excluding carboxylic acids is 1. The van der Waals surface area contributed by atoms with Gasteiger partial charge in [0, 0.05) is 0 Å². The predicted octanol–water partition coefficient (Wildman–Crippen LogP) is 2.26. The van der Waals surface area contributed by atoms with E-state index in [0.29, 0.717) is 0 Å². The SMILES string of the molecule is O=C(Cl)c1cc(I)[nH]c(=O)c1OC(F)(F)F. The molecule has 0 bridgehead atoms. The van der Waals surface area contributed by atoms with E-state index in [1.54, 1.807) is 22.6 Å². The van der Waals surface area contributed by atoms with Gasteiger partial charge in [-0.15, -0.1) is 13.2 Å². The molecule has 1 rings (SSSR count). The third-order valence-corrected chi connectivity index (χ3v) is 2.17. The Kier molecular flexibility index (Phi) is 3.84. The van der Waals surface area contributed by atoms with Crippen LogP contribution in [0.25, 0.3) is 0 Å². The molecular weight excluding hydrogens is 365 g/mol. The Labute approximate surface area is 105 Å². The Bertz CT molecular complexity index is 485. The maximum Gasteiger partial charge on any atom is 0.573 e. The first kappa shape index (κ1) is 13.3. The fraction of sp³-hybridized carbons (Fsp3) is 0.143. The van der Waals surface area contributed by atoms with Crippen LogP contribution >= 0.6 is 34.2 Å². The summed E-state index contributed by atoms with van der Waals surface area (Å²) in [5, 5.41) is -1.21. The lowest BCUT2D eigenvalue weighted by Gasteiger charge is -2.10. The average Bonchev–Trinajstić information content (AvgIpc) is 2.07. The van der Waals surface area contributed by atoms with E-state index in [1.165, 1.54) is 0 Å². The number of aromatic amines is 1. The van der Waals surface area contributed by atoms with Crippen molar-refractivity contribution in [2.24, 2.45) is 0 Å². The van der Waals surface area contributed by atoms with Crippen LogP contribution in [0.2, 0.25) is 0 Å². The van der Waals surface area contributed by atoms with Crippen LogP contribution in [0, 0.1) is 3.70 Å². The molecule has 9 heteroatoms. The molecular formula is C7H2ClF3INO3. The molecule has 1 aromatic rings. The van der Waals surface area contributed by atoms with E-state index in [2.05, 4.69) is 9.72 Å². The highest BCUT2D eigenvalue weighted by Gasteiger charge is 2.34. The first-order chi connectivity index (χ1) is 7.20. The van der Waals surface area contributed by atoms with Crippen molar-refractivity contribution in [3.63, 3.8) is 0 Å². The number of rotatable bonds is 2. The Balaban J connectivity index is 3.36. The second-order valence-corrected chi connectivity index (χ2v) is 4.02. The van der Waals surface area contributed by atoms with Crippen LogP contribution in [-0.2, 0) is 0 Å². The fourth-order valence-corrected chi connectivity index (χ4v) is 1.58. The van der Waals surface area contributed by atoms with Gasteiger partial charge in [-0.2, -0.15) is 0 Å². The van der Waals surface area contributed by atoms with Crippen LogP contribution in [0.5, 0.6) is 5.75 Å². The molecule has 88 valence electrons. The summed E-state index contributed by atoms with van der Waals surface area (Å²) in [6, 6.07) is 0.984. The molecule has 0 fully saturated rings. The lowest BCUT2D eigenvalue weighted by molar-refractivity contribution is -0.275. The van der Waals surface area contributed by atoms with Crippen molar-refractivity contribution < 1.29 is 22.7 Å². The molecule has 0 unspecified atom stereocenters. The molecule has 0 aliphatic carbocycles. The van der Waals surface area contributed by atoms with Crippen molar-refractivity contribution in [3.05, 3.63) is 25.7 Å². The molecule has 0 amide bonds. The predicted molar refractivity (Wildman–Crippen MR) is 56.6 cm³/mol. The lowest BCUT2D eigenvalue weighted by Crippen LogP contribution is -2.25. The summed E-state index contributed by atoms with van der Waals surface area (Å²) in [4.78, 5) is 24.0. The van der Waals surface area contributed by atoms with Crippen molar-refractivity contribution in [2.75, 3.05) is 0 Å². The molecule has 1 N–H and O–H groups in total. The molecule has 0 aromatic carbocycles. The molecule has 0 aliphatic rings. The average molecular weight is 367 g/mol. The third-order valence-electron chi connectivity index (χ3n) is 1.38. The lowest BCUT2D eigenvalue weighted by atomic mass is 10.3. The van der Waals surface area contributed by atoms with E-state index < -0.39 is 28.5 Å². The van der Waals surface area contributed by atoms with Gasteiger partial charge in [-0.3, -0.25) is 9.59 Å². The topological polar surface area (TPSA) is 59.2 Å². The minimum absolute atomic E-state index is 0.168. The highest BCUT2D eigenvalue weighted by Crippen LogP contribution is 2.24. The molecule has 0 aliphatic heterocycles. The summed E-state index contributed by atoms with van der Waals surface area (Å²) in [5.74, 6) is -1.16. The number of hydrogen-bond donors (Lipinski definition) is 1. The standard InChI is InChI=1S/C7H2ClF3INO3/c8-5(14)2-1-3(12)13-6(15)4(2)16-7(9,10)11/h1H,(H,13,15). The zero-order valence-corrected chi connectivity index (χ0v) is 10.1. The molecule has 0 saturated carbocycles. The van der Waals surface area contributed by atoms with E-state index in [0.717, 1.165) is 6.07 Å². The van der Waals surface area contributed by atoms with Crippen molar-refractivity contribution in [2.45, 2.75) is 6.36 Å². The van der Waals surface area contributed by atoms with Crippen LogP contribution < -0.4 is 10.3 Å². The first-order valence-corrected chi connectivity index (χ1v) is 5.05. The van der Waals surface area contributed by atoms with Crippen LogP contribution in [0.4, 0.5) is 13.2 Å². The number of ether oxygens (including phenoxy) is 1. The zero-order chi connectivity index (χ0) is 12.5. The number of nitrogens with one attached hydrogen (secondary N) is 1. The maximum absolute atomic E-state index is 11.9. The molecule has 1 heterocycles. The summed E-state index contributed by atoms with van der Waals surface area (Å²) in [6.07, 6.45) is -5.07. The molecule has 1 aromatic heterocycles. The van der Waals surface area contributed by atoms with E-state index >= 15 is 0 Å². The summed E-state index contributed by atoms with van der Waals surface area (Å²) < 4.78 is 39.4. The van der Waals surface area contributed by atoms with Crippen molar-refractivity contribution in [1.82, 2.24) is 4.98 Å². The first-order valence-electron chi connectivity index (χ1n) is 3.59. The van der Waals surface area contributed by atoms with E-state index in [4.69, 9.17) is 11.6 Å². The summed E-state index contributed by atoms with van der Waals surface area (Å²) in [6.45, 7) is 0. The Morgan fingerprint density at radius 2 is 2.06 bits per heavy atom. The molecule has 0 saturated heterocycles. The number of hydrogen-bond acceptors (Lipinski definition) is 3. The fourth-order valence-electron chi connectivity index (χ4n) is 0.879. The summed E-state index contributed by atoms with van der Waals surface area (Å²) in [7, 11) is 0. The number of halogens is 5. The van der Waals surface area contributed by atoms with Gasteiger partial charge in [-0.1, -0.05) is 0 Å². The van der Waals surface area contributed by atoms with Gasteiger partial charge in [0.1, 0.15) is 0 Å². The molecule has 0 radical (unpaired) electrons. The van der Waals surface area contributed by atoms with Gasteiger partial charge in [-0.05, 0) is 40.3 Å². The van der Waals surface area contributed by atoms with Gasteiger partial charge in [0.25, 0.3) is 10.8 Å². The zero-order valence-electron chi connectivity index (χ0n) is 7.19. The number of pyridine rings is 1. The van der Waals surface area contributed by atoms with Gasteiger partial charge in [0.15, 0.2) is 0 Å². The van der Waals surface area contributed by atoms with Gasteiger partial charge in [0.2, 0.25) is 5.75 Å². The number of aromatic nitrogens is 1. The van der Waals surface area contributed by atoms with Crippen LogP contribution in [0.1, 0.15) is 10.4 Å². The van der Waals surface area contributed by atoms with E-state index in [9.17, 15) is 22.8 Å². The van der Waals surface area contributed by atoms with Gasteiger partial charge < -0.3 is 9.72 Å². The second-order valence-electron chi connectivity index (χ2n) is 2.51. The van der Waals surface area contributed by atoms with Crippen LogP contribution in [-0.4, -0.2) is 16.6 Å². The highest BCUT2D eigenvalue weighted by molar-refractivity contribution is 14.1. The van der Waals surface area contributed by atoms with Gasteiger partial charge in [0.05, 0.1) is 9.26 Å². The second kappa shape index (κ2) is 4.62. The van der Waals surface area contributed by atoms with Gasteiger partial charge in [-0.25, -0.2) is 0 Å². The Morgan fingerprint density at radius 3 is 2.50 bits per heavy atom. The number of H-pyrrole nitrogens is 1. The minimum atomic E-state index is -5.07. The van der Waals surface area contributed by atoms with Crippen LogP contribution in [0.3, 0.4) is 0 Å². The minimum Gasteiger partial charge on any atom is -0.399 e. The van der Waals surface area contributed by atoms with E-state index in [1.807, 2.05) is 0 Å². The Hall–Kier alpha value is -0.770.